The molecule has 0 aliphatic carbocycles. The number of oxazole rings is 1. The van der Waals surface area contributed by atoms with Gasteiger partial charge in [-0.3, -0.25) is 4.57 Å². The van der Waals surface area contributed by atoms with Crippen LogP contribution in [0.2, 0.25) is 0 Å². The van der Waals surface area contributed by atoms with Gasteiger partial charge in [-0.05, 0) is 24.6 Å². The summed E-state index contributed by atoms with van der Waals surface area (Å²) >= 11 is 0. The molecule has 1 atom stereocenters. The SMILES string of the molecule is CCC(CN)CN(C)c1ccc2c(c1)oc(=O)n2C. The second-order valence-corrected chi connectivity index (χ2v) is 4.97. The second-order valence-electron chi connectivity index (χ2n) is 4.97. The van der Waals surface area contributed by atoms with Crippen molar-refractivity contribution in [1.82, 2.24) is 4.57 Å². The molecule has 19 heavy (non-hydrogen) atoms. The summed E-state index contributed by atoms with van der Waals surface area (Å²) in [7, 11) is 3.74. The summed E-state index contributed by atoms with van der Waals surface area (Å²) in [6, 6.07) is 5.82. The largest absolute Gasteiger partial charge is 0.419 e. The minimum absolute atomic E-state index is 0.330. The number of hydrogen-bond donors (Lipinski definition) is 1. The van der Waals surface area contributed by atoms with E-state index in [1.807, 2.05) is 25.2 Å². The fraction of sp³-hybridized carbons (Fsp3) is 0.500. The Morgan fingerprint density at radius 2 is 2.21 bits per heavy atom. The Morgan fingerprint density at radius 1 is 1.47 bits per heavy atom. The Hall–Kier alpha value is -1.75. The molecule has 1 heterocycles. The summed E-state index contributed by atoms with van der Waals surface area (Å²) < 4.78 is 6.71. The molecule has 2 aromatic rings. The zero-order valence-corrected chi connectivity index (χ0v) is 11.7. The maximum absolute atomic E-state index is 11.5. The maximum atomic E-state index is 11.5. The van der Waals surface area contributed by atoms with Crippen LogP contribution in [-0.2, 0) is 7.05 Å². The molecule has 1 aromatic heterocycles. The van der Waals surface area contributed by atoms with E-state index in [-0.39, 0.29) is 5.76 Å². The number of rotatable bonds is 5. The van der Waals surface area contributed by atoms with Crippen LogP contribution in [0.15, 0.2) is 27.4 Å². The normalized spacial score (nSPS) is 12.8. The van der Waals surface area contributed by atoms with Gasteiger partial charge < -0.3 is 15.1 Å². The molecule has 0 bridgehead atoms. The molecule has 0 aliphatic rings. The van der Waals surface area contributed by atoms with E-state index in [9.17, 15) is 4.79 Å². The van der Waals surface area contributed by atoms with E-state index in [4.69, 9.17) is 10.2 Å². The van der Waals surface area contributed by atoms with E-state index in [1.165, 1.54) is 4.57 Å². The first-order valence-electron chi connectivity index (χ1n) is 6.57. The minimum Gasteiger partial charge on any atom is -0.408 e. The lowest BCUT2D eigenvalue weighted by atomic mass is 10.1. The van der Waals surface area contributed by atoms with E-state index in [1.54, 1.807) is 7.05 Å². The van der Waals surface area contributed by atoms with Crippen molar-refractivity contribution in [2.45, 2.75) is 13.3 Å². The summed E-state index contributed by atoms with van der Waals surface area (Å²) in [5.41, 5.74) is 8.21. The first kappa shape index (κ1) is 13.7. The van der Waals surface area contributed by atoms with Crippen molar-refractivity contribution >= 4 is 16.8 Å². The van der Waals surface area contributed by atoms with Crippen molar-refractivity contribution in [1.29, 1.82) is 0 Å². The number of hydrogen-bond acceptors (Lipinski definition) is 4. The topological polar surface area (TPSA) is 64.4 Å². The molecular weight excluding hydrogens is 242 g/mol. The minimum atomic E-state index is -0.330. The Morgan fingerprint density at radius 3 is 2.84 bits per heavy atom. The average Bonchev–Trinajstić information content (AvgIpc) is 2.70. The first-order chi connectivity index (χ1) is 9.06. The van der Waals surface area contributed by atoms with Gasteiger partial charge in [0, 0.05) is 32.4 Å². The molecule has 2 rings (SSSR count). The van der Waals surface area contributed by atoms with Crippen LogP contribution in [0.4, 0.5) is 5.69 Å². The fourth-order valence-electron chi connectivity index (χ4n) is 2.22. The van der Waals surface area contributed by atoms with Gasteiger partial charge in [-0.15, -0.1) is 0 Å². The van der Waals surface area contributed by atoms with Crippen LogP contribution in [-0.4, -0.2) is 24.7 Å². The third-order valence-electron chi connectivity index (χ3n) is 3.66. The van der Waals surface area contributed by atoms with Crippen LogP contribution in [0.25, 0.3) is 11.1 Å². The Kier molecular flexibility index (Phi) is 3.95. The molecule has 0 spiro atoms. The molecule has 1 unspecified atom stereocenters. The molecule has 0 amide bonds. The van der Waals surface area contributed by atoms with Crippen LogP contribution < -0.4 is 16.4 Å². The third kappa shape index (κ3) is 2.66. The number of aromatic nitrogens is 1. The van der Waals surface area contributed by atoms with Gasteiger partial charge in [0.25, 0.3) is 0 Å². The molecular formula is C14H21N3O2. The smallest absolute Gasteiger partial charge is 0.408 e. The average molecular weight is 263 g/mol. The lowest BCUT2D eigenvalue weighted by Crippen LogP contribution is -2.29. The Bertz CT molecular complexity index is 611. The number of benzene rings is 1. The van der Waals surface area contributed by atoms with Crippen LogP contribution in [0.3, 0.4) is 0 Å². The highest BCUT2D eigenvalue weighted by Gasteiger charge is 2.11. The van der Waals surface area contributed by atoms with E-state index in [2.05, 4.69) is 11.8 Å². The van der Waals surface area contributed by atoms with Crippen molar-refractivity contribution < 1.29 is 4.42 Å². The van der Waals surface area contributed by atoms with Crippen LogP contribution >= 0.6 is 0 Å². The molecule has 1 aromatic carbocycles. The predicted molar refractivity (Wildman–Crippen MR) is 77.6 cm³/mol. The van der Waals surface area contributed by atoms with Crippen molar-refractivity contribution in [3.05, 3.63) is 28.7 Å². The molecule has 0 saturated carbocycles. The Labute approximate surface area is 112 Å². The summed E-state index contributed by atoms with van der Waals surface area (Å²) in [6.07, 6.45) is 1.06. The van der Waals surface area contributed by atoms with E-state index in [0.29, 0.717) is 18.0 Å². The van der Waals surface area contributed by atoms with Gasteiger partial charge in [0.1, 0.15) is 0 Å². The summed E-state index contributed by atoms with van der Waals surface area (Å²) in [5, 5.41) is 0. The quantitative estimate of drug-likeness (QED) is 0.889. The van der Waals surface area contributed by atoms with Gasteiger partial charge in [-0.25, -0.2) is 4.79 Å². The number of aryl methyl sites for hydroxylation is 1. The van der Waals surface area contributed by atoms with Crippen molar-refractivity contribution in [3.8, 4) is 0 Å². The number of fused-ring (bicyclic) bond motifs is 1. The lowest BCUT2D eigenvalue weighted by Gasteiger charge is -2.24. The van der Waals surface area contributed by atoms with Gasteiger partial charge in [-0.1, -0.05) is 13.3 Å². The van der Waals surface area contributed by atoms with Gasteiger partial charge in [0.2, 0.25) is 0 Å². The van der Waals surface area contributed by atoms with Crippen LogP contribution in [0.1, 0.15) is 13.3 Å². The number of nitrogens with zero attached hydrogens (tertiary/aromatic N) is 2. The molecule has 5 nitrogen and oxygen atoms in total. The first-order valence-corrected chi connectivity index (χ1v) is 6.57. The highest BCUT2D eigenvalue weighted by Crippen LogP contribution is 2.21. The summed E-state index contributed by atoms with van der Waals surface area (Å²) in [6.45, 7) is 3.73. The molecule has 104 valence electrons. The predicted octanol–water partition coefficient (Wildman–Crippen LogP) is 1.55. The van der Waals surface area contributed by atoms with Gasteiger partial charge in [-0.2, -0.15) is 0 Å². The zero-order chi connectivity index (χ0) is 14.0. The van der Waals surface area contributed by atoms with Crippen LogP contribution in [0.5, 0.6) is 0 Å². The molecule has 0 radical (unpaired) electrons. The molecule has 0 aliphatic heterocycles. The molecule has 0 saturated heterocycles. The van der Waals surface area contributed by atoms with E-state index >= 15 is 0 Å². The summed E-state index contributed by atoms with van der Waals surface area (Å²) in [5.74, 6) is 0.145. The van der Waals surface area contributed by atoms with Gasteiger partial charge in [0.05, 0.1) is 5.52 Å². The van der Waals surface area contributed by atoms with Crippen molar-refractivity contribution in [3.63, 3.8) is 0 Å². The van der Waals surface area contributed by atoms with Gasteiger partial charge >= 0.3 is 5.76 Å². The van der Waals surface area contributed by atoms with Gasteiger partial charge in [0.15, 0.2) is 5.58 Å². The lowest BCUT2D eigenvalue weighted by molar-refractivity contribution is 0.519. The fourth-order valence-corrected chi connectivity index (χ4v) is 2.22. The number of nitrogens with two attached hydrogens (primary N) is 1. The Balaban J connectivity index is 2.28. The number of anilines is 1. The van der Waals surface area contributed by atoms with Crippen molar-refractivity contribution in [2.75, 3.05) is 25.0 Å². The molecule has 2 N–H and O–H groups in total. The molecule has 0 fully saturated rings. The zero-order valence-electron chi connectivity index (χ0n) is 11.7. The highest BCUT2D eigenvalue weighted by atomic mass is 16.4. The monoisotopic (exact) mass is 263 g/mol. The van der Waals surface area contributed by atoms with Crippen LogP contribution in [0, 0.1) is 5.92 Å². The standard InChI is InChI=1S/C14H21N3O2/c1-4-10(8-15)9-16(2)11-5-6-12-13(7-11)19-14(18)17(12)3/h5-7,10H,4,8-9,15H2,1-3H3. The highest BCUT2D eigenvalue weighted by molar-refractivity contribution is 5.77. The van der Waals surface area contributed by atoms with E-state index < -0.39 is 0 Å². The molecule has 5 heteroatoms. The maximum Gasteiger partial charge on any atom is 0.419 e. The summed E-state index contributed by atoms with van der Waals surface area (Å²) in [4.78, 5) is 13.6. The van der Waals surface area contributed by atoms with E-state index in [0.717, 1.165) is 24.2 Å². The second kappa shape index (κ2) is 5.48. The van der Waals surface area contributed by atoms with Crippen molar-refractivity contribution in [2.24, 2.45) is 18.7 Å². The third-order valence-corrected chi connectivity index (χ3v) is 3.66.